The molecule has 0 saturated heterocycles. The number of hydrogen-bond donors (Lipinski definition) is 1. The van der Waals surface area contributed by atoms with E-state index in [0.717, 1.165) is 33.5 Å². The predicted octanol–water partition coefficient (Wildman–Crippen LogP) is 5.34. The van der Waals surface area contributed by atoms with Crippen LogP contribution in [0.25, 0.3) is 33.5 Å². The number of hydrogen-bond acceptors (Lipinski definition) is 1. The number of halogens is 1. The number of H-pyrrole nitrogens is 1. The van der Waals surface area contributed by atoms with Gasteiger partial charge in [0.2, 0.25) is 0 Å². The van der Waals surface area contributed by atoms with Crippen molar-refractivity contribution in [3.05, 3.63) is 78.1 Å². The van der Waals surface area contributed by atoms with Crippen molar-refractivity contribution >= 4 is 11.0 Å². The highest BCUT2D eigenvalue weighted by Crippen LogP contribution is 2.27. The maximum absolute atomic E-state index is 13.5. The summed E-state index contributed by atoms with van der Waals surface area (Å²) in [6.45, 7) is 1.78. The van der Waals surface area contributed by atoms with E-state index < -0.39 is 0 Å². The molecule has 3 aromatic carbocycles. The Kier molecular flexibility index (Phi) is 3.19. The van der Waals surface area contributed by atoms with Crippen molar-refractivity contribution in [2.45, 2.75) is 6.92 Å². The number of nitrogens with one attached hydrogen (secondary N) is 1. The van der Waals surface area contributed by atoms with E-state index in [9.17, 15) is 4.39 Å². The van der Waals surface area contributed by atoms with Crippen molar-refractivity contribution < 1.29 is 4.39 Å². The molecular weight excluding hydrogens is 287 g/mol. The zero-order valence-corrected chi connectivity index (χ0v) is 12.7. The summed E-state index contributed by atoms with van der Waals surface area (Å²) in [6, 6.07) is 21.3. The number of aromatic amines is 1. The zero-order chi connectivity index (χ0) is 15.8. The summed E-state index contributed by atoms with van der Waals surface area (Å²) in [4.78, 5) is 7.97. The SMILES string of the molecule is Cc1cc(-c2cccc(-c3nc4ccccc4[nH]3)c2)ccc1F. The van der Waals surface area contributed by atoms with Crippen LogP contribution in [0.3, 0.4) is 0 Å². The minimum absolute atomic E-state index is 0.179. The van der Waals surface area contributed by atoms with Crippen molar-refractivity contribution in [2.24, 2.45) is 0 Å². The smallest absolute Gasteiger partial charge is 0.138 e. The highest BCUT2D eigenvalue weighted by Gasteiger charge is 2.07. The van der Waals surface area contributed by atoms with E-state index >= 15 is 0 Å². The van der Waals surface area contributed by atoms with Crippen LogP contribution in [0.4, 0.5) is 4.39 Å². The minimum Gasteiger partial charge on any atom is -0.338 e. The van der Waals surface area contributed by atoms with E-state index in [2.05, 4.69) is 16.0 Å². The van der Waals surface area contributed by atoms with Crippen LogP contribution in [0.5, 0.6) is 0 Å². The van der Waals surface area contributed by atoms with E-state index in [0.29, 0.717) is 5.56 Å². The first-order chi connectivity index (χ1) is 11.2. The Bertz CT molecular complexity index is 968. The number of rotatable bonds is 2. The largest absolute Gasteiger partial charge is 0.338 e. The second-order valence-corrected chi connectivity index (χ2v) is 5.65. The Hall–Kier alpha value is -2.94. The lowest BCUT2D eigenvalue weighted by molar-refractivity contribution is 0.619. The van der Waals surface area contributed by atoms with Gasteiger partial charge in [-0.25, -0.2) is 9.37 Å². The molecule has 3 heteroatoms. The third-order valence-electron chi connectivity index (χ3n) is 4.02. The normalized spacial score (nSPS) is 11.0. The quantitative estimate of drug-likeness (QED) is 0.531. The molecule has 0 saturated carbocycles. The summed E-state index contributed by atoms with van der Waals surface area (Å²) in [5, 5.41) is 0. The summed E-state index contributed by atoms with van der Waals surface area (Å²) in [5.41, 5.74) is 5.68. The lowest BCUT2D eigenvalue weighted by Crippen LogP contribution is -1.86. The molecule has 1 aromatic heterocycles. The van der Waals surface area contributed by atoms with Crippen molar-refractivity contribution in [2.75, 3.05) is 0 Å². The monoisotopic (exact) mass is 302 g/mol. The Morgan fingerprint density at radius 2 is 1.61 bits per heavy atom. The molecule has 0 aliphatic rings. The fraction of sp³-hybridized carbons (Fsp3) is 0.0500. The van der Waals surface area contributed by atoms with Gasteiger partial charge < -0.3 is 4.98 Å². The molecule has 0 aliphatic heterocycles. The number of para-hydroxylation sites is 2. The first kappa shape index (κ1) is 13.7. The van der Waals surface area contributed by atoms with Gasteiger partial charge in [0.1, 0.15) is 11.6 Å². The molecule has 0 fully saturated rings. The number of imidazole rings is 1. The van der Waals surface area contributed by atoms with Gasteiger partial charge in [-0.2, -0.15) is 0 Å². The Labute approximate surface area is 133 Å². The molecule has 0 spiro atoms. The van der Waals surface area contributed by atoms with Crippen LogP contribution in [0.15, 0.2) is 66.7 Å². The van der Waals surface area contributed by atoms with Crippen LogP contribution in [0.2, 0.25) is 0 Å². The average molecular weight is 302 g/mol. The maximum Gasteiger partial charge on any atom is 0.138 e. The summed E-state index contributed by atoms with van der Waals surface area (Å²) in [5.74, 6) is 0.661. The molecule has 112 valence electrons. The molecule has 1 N–H and O–H groups in total. The summed E-state index contributed by atoms with van der Waals surface area (Å²) in [6.07, 6.45) is 0. The average Bonchev–Trinajstić information content (AvgIpc) is 3.02. The maximum atomic E-state index is 13.5. The van der Waals surface area contributed by atoms with Gasteiger partial charge >= 0.3 is 0 Å². The number of aromatic nitrogens is 2. The molecule has 1 heterocycles. The van der Waals surface area contributed by atoms with Crippen LogP contribution < -0.4 is 0 Å². The van der Waals surface area contributed by atoms with Crippen LogP contribution >= 0.6 is 0 Å². The molecule has 4 aromatic rings. The second-order valence-electron chi connectivity index (χ2n) is 5.65. The Balaban J connectivity index is 1.80. The third-order valence-corrected chi connectivity index (χ3v) is 4.02. The van der Waals surface area contributed by atoms with Crippen LogP contribution in [0, 0.1) is 12.7 Å². The molecule has 0 unspecified atom stereocenters. The van der Waals surface area contributed by atoms with Crippen molar-refractivity contribution in [1.82, 2.24) is 9.97 Å². The van der Waals surface area contributed by atoms with Crippen LogP contribution in [-0.4, -0.2) is 9.97 Å². The van der Waals surface area contributed by atoms with Crippen molar-refractivity contribution in [1.29, 1.82) is 0 Å². The van der Waals surface area contributed by atoms with Gasteiger partial charge in [-0.3, -0.25) is 0 Å². The fourth-order valence-electron chi connectivity index (χ4n) is 2.76. The van der Waals surface area contributed by atoms with E-state index in [4.69, 9.17) is 0 Å². The lowest BCUT2D eigenvalue weighted by atomic mass is 10.0. The lowest BCUT2D eigenvalue weighted by Gasteiger charge is -2.06. The fourth-order valence-corrected chi connectivity index (χ4v) is 2.76. The molecule has 0 radical (unpaired) electrons. The molecule has 23 heavy (non-hydrogen) atoms. The zero-order valence-electron chi connectivity index (χ0n) is 12.7. The van der Waals surface area contributed by atoms with Gasteiger partial charge in [-0.1, -0.05) is 36.4 Å². The van der Waals surface area contributed by atoms with Gasteiger partial charge in [0.15, 0.2) is 0 Å². The van der Waals surface area contributed by atoms with Gasteiger partial charge in [0, 0.05) is 5.56 Å². The molecule has 4 rings (SSSR count). The number of fused-ring (bicyclic) bond motifs is 1. The summed E-state index contributed by atoms with van der Waals surface area (Å²) >= 11 is 0. The molecular formula is C20H15FN2. The van der Waals surface area contributed by atoms with Crippen LogP contribution in [-0.2, 0) is 0 Å². The summed E-state index contributed by atoms with van der Waals surface area (Å²) < 4.78 is 13.5. The summed E-state index contributed by atoms with van der Waals surface area (Å²) in [7, 11) is 0. The first-order valence-corrected chi connectivity index (χ1v) is 7.52. The van der Waals surface area contributed by atoms with Crippen LogP contribution in [0.1, 0.15) is 5.56 Å². The third kappa shape index (κ3) is 2.50. The first-order valence-electron chi connectivity index (χ1n) is 7.52. The second kappa shape index (κ2) is 5.36. The Morgan fingerprint density at radius 1 is 0.826 bits per heavy atom. The van der Waals surface area contributed by atoms with E-state index in [1.165, 1.54) is 6.07 Å². The highest BCUT2D eigenvalue weighted by atomic mass is 19.1. The van der Waals surface area contributed by atoms with Gasteiger partial charge in [-0.05, 0) is 53.9 Å². The minimum atomic E-state index is -0.179. The molecule has 0 bridgehead atoms. The predicted molar refractivity (Wildman–Crippen MR) is 91.7 cm³/mol. The Morgan fingerprint density at radius 3 is 2.43 bits per heavy atom. The van der Waals surface area contributed by atoms with Crippen molar-refractivity contribution in [3.8, 4) is 22.5 Å². The van der Waals surface area contributed by atoms with E-state index in [1.807, 2.05) is 48.5 Å². The van der Waals surface area contributed by atoms with E-state index in [1.54, 1.807) is 13.0 Å². The topological polar surface area (TPSA) is 28.7 Å². The van der Waals surface area contributed by atoms with Gasteiger partial charge in [0.05, 0.1) is 11.0 Å². The highest BCUT2D eigenvalue weighted by molar-refractivity contribution is 5.80. The van der Waals surface area contributed by atoms with Crippen molar-refractivity contribution in [3.63, 3.8) is 0 Å². The van der Waals surface area contributed by atoms with E-state index in [-0.39, 0.29) is 5.82 Å². The molecule has 0 atom stereocenters. The standard InChI is InChI=1S/C20H15FN2/c1-13-11-15(9-10-17(13)21)14-5-4-6-16(12-14)20-22-18-7-2-3-8-19(18)23-20/h2-12H,1H3,(H,22,23). The number of nitrogens with zero attached hydrogens (tertiary/aromatic N) is 1. The van der Waals surface area contributed by atoms with Gasteiger partial charge in [0.25, 0.3) is 0 Å². The van der Waals surface area contributed by atoms with Gasteiger partial charge in [-0.15, -0.1) is 0 Å². The molecule has 0 aliphatic carbocycles. The molecule has 2 nitrogen and oxygen atoms in total. The number of aryl methyl sites for hydroxylation is 1. The molecule has 0 amide bonds. The number of benzene rings is 3.